The molecule has 0 spiro atoms. The van der Waals surface area contributed by atoms with Crippen molar-refractivity contribution in [1.82, 2.24) is 5.32 Å². The van der Waals surface area contributed by atoms with Crippen molar-refractivity contribution in [1.29, 1.82) is 0 Å². The number of likely N-dealkylation sites (N-methyl/N-ethyl adjacent to an activating group) is 1. The van der Waals surface area contributed by atoms with Gasteiger partial charge in [-0.25, -0.2) is 0 Å². The third kappa shape index (κ3) is 3.21. The molecule has 2 atom stereocenters. The van der Waals surface area contributed by atoms with E-state index >= 15 is 0 Å². The first-order valence-corrected chi connectivity index (χ1v) is 7.64. The topological polar surface area (TPSA) is 64.3 Å². The second-order valence-corrected chi connectivity index (χ2v) is 6.37. The number of nitrogens with two attached hydrogens (primary N) is 1. The Bertz CT molecular complexity index is 528. The van der Waals surface area contributed by atoms with Crippen molar-refractivity contribution >= 4 is 5.91 Å². The molecule has 0 saturated heterocycles. The van der Waals surface area contributed by atoms with E-state index in [1.54, 1.807) is 7.05 Å². The Kier molecular flexibility index (Phi) is 4.57. The van der Waals surface area contributed by atoms with E-state index in [1.807, 2.05) is 0 Å². The SMILES string of the molecule is CNC1(C(N)=O)CCC(Oc2cc(C)ccc2C(C)C)C1. The Morgan fingerprint density at radius 2 is 2.19 bits per heavy atom. The maximum absolute atomic E-state index is 11.7. The van der Waals surface area contributed by atoms with Crippen molar-refractivity contribution in [3.8, 4) is 5.75 Å². The fraction of sp³-hybridized carbons (Fsp3) is 0.588. The highest BCUT2D eigenvalue weighted by atomic mass is 16.5. The van der Waals surface area contributed by atoms with E-state index in [9.17, 15) is 4.79 Å². The molecule has 1 aliphatic rings. The van der Waals surface area contributed by atoms with E-state index in [0.717, 1.165) is 18.6 Å². The van der Waals surface area contributed by atoms with Crippen molar-refractivity contribution in [3.63, 3.8) is 0 Å². The highest BCUT2D eigenvalue weighted by Crippen LogP contribution is 2.35. The van der Waals surface area contributed by atoms with E-state index in [2.05, 4.69) is 44.3 Å². The van der Waals surface area contributed by atoms with Gasteiger partial charge in [0.2, 0.25) is 5.91 Å². The number of nitrogens with one attached hydrogen (secondary N) is 1. The Morgan fingerprint density at radius 3 is 2.71 bits per heavy atom. The van der Waals surface area contributed by atoms with Gasteiger partial charge in [0.05, 0.1) is 0 Å². The predicted octanol–water partition coefficient (Wildman–Crippen LogP) is 2.49. The van der Waals surface area contributed by atoms with Crippen LogP contribution in [0.2, 0.25) is 0 Å². The highest BCUT2D eigenvalue weighted by molar-refractivity contribution is 5.85. The first-order chi connectivity index (χ1) is 9.88. The lowest BCUT2D eigenvalue weighted by Crippen LogP contribution is -2.52. The van der Waals surface area contributed by atoms with Gasteiger partial charge in [0.25, 0.3) is 0 Å². The van der Waals surface area contributed by atoms with Crippen molar-refractivity contribution < 1.29 is 9.53 Å². The molecule has 1 aliphatic carbocycles. The number of carbonyl (C=O) groups excluding carboxylic acids is 1. The Labute approximate surface area is 127 Å². The van der Waals surface area contributed by atoms with Crippen LogP contribution in [0.1, 0.15) is 50.2 Å². The number of hydrogen-bond donors (Lipinski definition) is 2. The zero-order valence-electron chi connectivity index (χ0n) is 13.4. The maximum atomic E-state index is 11.7. The molecule has 2 unspecified atom stereocenters. The van der Waals surface area contributed by atoms with Crippen LogP contribution in [0.4, 0.5) is 0 Å². The molecule has 2 rings (SSSR count). The molecule has 21 heavy (non-hydrogen) atoms. The molecule has 0 aliphatic heterocycles. The smallest absolute Gasteiger partial charge is 0.237 e. The average molecular weight is 290 g/mol. The summed E-state index contributed by atoms with van der Waals surface area (Å²) in [7, 11) is 1.79. The van der Waals surface area contributed by atoms with Gasteiger partial charge in [-0.05, 0) is 49.9 Å². The summed E-state index contributed by atoms with van der Waals surface area (Å²) in [6.07, 6.45) is 2.23. The minimum Gasteiger partial charge on any atom is -0.490 e. The van der Waals surface area contributed by atoms with Crippen LogP contribution in [0.5, 0.6) is 5.75 Å². The quantitative estimate of drug-likeness (QED) is 0.875. The molecular formula is C17H26N2O2. The van der Waals surface area contributed by atoms with Crippen LogP contribution in [0.3, 0.4) is 0 Å². The van der Waals surface area contributed by atoms with Gasteiger partial charge in [-0.3, -0.25) is 4.79 Å². The number of benzene rings is 1. The van der Waals surface area contributed by atoms with Gasteiger partial charge < -0.3 is 15.8 Å². The van der Waals surface area contributed by atoms with Crippen LogP contribution in [0.25, 0.3) is 0 Å². The Balaban J connectivity index is 2.17. The van der Waals surface area contributed by atoms with E-state index in [-0.39, 0.29) is 12.0 Å². The van der Waals surface area contributed by atoms with Gasteiger partial charge in [-0.2, -0.15) is 0 Å². The van der Waals surface area contributed by atoms with E-state index in [1.165, 1.54) is 11.1 Å². The fourth-order valence-corrected chi connectivity index (χ4v) is 3.07. The second kappa shape index (κ2) is 6.06. The van der Waals surface area contributed by atoms with Gasteiger partial charge >= 0.3 is 0 Å². The highest BCUT2D eigenvalue weighted by Gasteiger charge is 2.44. The van der Waals surface area contributed by atoms with Crippen molar-refractivity contribution in [2.24, 2.45) is 5.73 Å². The summed E-state index contributed by atoms with van der Waals surface area (Å²) in [5.41, 5.74) is 7.32. The number of aryl methyl sites for hydroxylation is 1. The summed E-state index contributed by atoms with van der Waals surface area (Å²) < 4.78 is 6.21. The number of carbonyl (C=O) groups is 1. The first-order valence-electron chi connectivity index (χ1n) is 7.64. The largest absolute Gasteiger partial charge is 0.490 e. The summed E-state index contributed by atoms with van der Waals surface area (Å²) in [5, 5.41) is 3.09. The molecular weight excluding hydrogens is 264 g/mol. The molecule has 4 heteroatoms. The molecule has 4 nitrogen and oxygen atoms in total. The van der Waals surface area contributed by atoms with E-state index < -0.39 is 5.54 Å². The molecule has 1 amide bonds. The first kappa shape index (κ1) is 15.8. The summed E-state index contributed by atoms with van der Waals surface area (Å²) in [5.74, 6) is 1.06. The van der Waals surface area contributed by atoms with Gasteiger partial charge in [0.15, 0.2) is 0 Å². The van der Waals surface area contributed by atoms with Gasteiger partial charge in [0, 0.05) is 6.42 Å². The molecule has 0 bridgehead atoms. The van der Waals surface area contributed by atoms with E-state index in [0.29, 0.717) is 12.3 Å². The molecule has 116 valence electrons. The fourth-order valence-electron chi connectivity index (χ4n) is 3.07. The van der Waals surface area contributed by atoms with Crippen LogP contribution in [0, 0.1) is 6.92 Å². The van der Waals surface area contributed by atoms with Crippen molar-refractivity contribution in [3.05, 3.63) is 29.3 Å². The molecule has 1 fully saturated rings. The predicted molar refractivity (Wildman–Crippen MR) is 84.5 cm³/mol. The monoisotopic (exact) mass is 290 g/mol. The number of hydrogen-bond acceptors (Lipinski definition) is 3. The summed E-state index contributed by atoms with van der Waals surface area (Å²) in [6.45, 7) is 6.38. The zero-order valence-corrected chi connectivity index (χ0v) is 13.4. The Hall–Kier alpha value is -1.55. The normalized spacial score (nSPS) is 25.3. The second-order valence-electron chi connectivity index (χ2n) is 6.37. The zero-order chi connectivity index (χ0) is 15.6. The molecule has 1 aromatic rings. The molecule has 1 saturated carbocycles. The third-order valence-corrected chi connectivity index (χ3v) is 4.50. The van der Waals surface area contributed by atoms with Crippen LogP contribution in [-0.4, -0.2) is 24.6 Å². The molecule has 0 aromatic heterocycles. The summed E-state index contributed by atoms with van der Waals surface area (Å²) in [6, 6.07) is 6.32. The van der Waals surface area contributed by atoms with Gasteiger partial charge in [-0.1, -0.05) is 26.0 Å². The Morgan fingerprint density at radius 1 is 1.48 bits per heavy atom. The molecule has 0 heterocycles. The van der Waals surface area contributed by atoms with Gasteiger partial charge in [-0.15, -0.1) is 0 Å². The number of rotatable bonds is 5. The average Bonchev–Trinajstić information content (AvgIpc) is 2.83. The van der Waals surface area contributed by atoms with Crippen LogP contribution in [0.15, 0.2) is 18.2 Å². The third-order valence-electron chi connectivity index (χ3n) is 4.50. The van der Waals surface area contributed by atoms with Crippen LogP contribution in [-0.2, 0) is 4.79 Å². The van der Waals surface area contributed by atoms with Crippen LogP contribution < -0.4 is 15.8 Å². The summed E-state index contributed by atoms with van der Waals surface area (Å²) >= 11 is 0. The minimum atomic E-state index is -0.619. The summed E-state index contributed by atoms with van der Waals surface area (Å²) in [4.78, 5) is 11.7. The lowest BCUT2D eigenvalue weighted by molar-refractivity contribution is -0.124. The van der Waals surface area contributed by atoms with E-state index in [4.69, 9.17) is 10.5 Å². The van der Waals surface area contributed by atoms with Crippen molar-refractivity contribution in [2.45, 2.75) is 57.6 Å². The minimum absolute atomic E-state index is 0.0317. The molecule has 0 radical (unpaired) electrons. The molecule has 3 N–H and O–H groups in total. The van der Waals surface area contributed by atoms with Crippen LogP contribution >= 0.6 is 0 Å². The van der Waals surface area contributed by atoms with Gasteiger partial charge in [0.1, 0.15) is 17.4 Å². The molecule has 1 aromatic carbocycles. The van der Waals surface area contributed by atoms with Crippen molar-refractivity contribution in [2.75, 3.05) is 7.05 Å². The maximum Gasteiger partial charge on any atom is 0.237 e. The lowest BCUT2D eigenvalue weighted by atomic mass is 9.97. The lowest BCUT2D eigenvalue weighted by Gasteiger charge is -2.25. The number of amides is 1. The number of ether oxygens (including phenoxy) is 1. The standard InChI is InChI=1S/C17H26N2O2/c1-11(2)14-6-5-12(3)9-15(14)21-13-7-8-17(10-13,19-4)16(18)20/h5-6,9,11,13,19H,7-8,10H2,1-4H3,(H2,18,20). The number of primary amides is 1.